The summed E-state index contributed by atoms with van der Waals surface area (Å²) in [6, 6.07) is 10.7. The van der Waals surface area contributed by atoms with Crippen LogP contribution in [0.15, 0.2) is 42.5 Å². The monoisotopic (exact) mass is 407 g/mol. The SMILES string of the molecule is C[C@@H](NC(=O)CN1CCN(Cc2ccc(Cl)cc2)CC1)c1ccc(F)cc1F. The molecule has 1 heterocycles. The van der Waals surface area contributed by atoms with Gasteiger partial charge in [-0.05, 0) is 30.7 Å². The minimum Gasteiger partial charge on any atom is -0.348 e. The average molecular weight is 408 g/mol. The van der Waals surface area contributed by atoms with Gasteiger partial charge in [-0.25, -0.2) is 8.78 Å². The number of carbonyl (C=O) groups excluding carboxylic acids is 1. The number of halogens is 3. The van der Waals surface area contributed by atoms with Crippen molar-refractivity contribution >= 4 is 17.5 Å². The molecule has 0 aromatic heterocycles. The van der Waals surface area contributed by atoms with Crippen molar-refractivity contribution in [2.24, 2.45) is 0 Å². The number of piperazine rings is 1. The van der Waals surface area contributed by atoms with Crippen LogP contribution in [-0.4, -0.2) is 48.4 Å². The maximum Gasteiger partial charge on any atom is 0.234 e. The third-order valence-electron chi connectivity index (χ3n) is 4.96. The first kappa shape index (κ1) is 20.7. The molecule has 1 aliphatic heterocycles. The van der Waals surface area contributed by atoms with E-state index >= 15 is 0 Å². The highest BCUT2D eigenvalue weighted by molar-refractivity contribution is 6.30. The molecule has 0 saturated carbocycles. The fraction of sp³-hybridized carbons (Fsp3) is 0.381. The lowest BCUT2D eigenvalue weighted by Crippen LogP contribution is -2.49. The van der Waals surface area contributed by atoms with Crippen LogP contribution in [0.4, 0.5) is 8.78 Å². The normalized spacial score (nSPS) is 16.7. The van der Waals surface area contributed by atoms with Crippen LogP contribution in [0.2, 0.25) is 5.02 Å². The maximum absolute atomic E-state index is 13.8. The zero-order chi connectivity index (χ0) is 20.1. The van der Waals surface area contributed by atoms with Gasteiger partial charge in [-0.15, -0.1) is 0 Å². The Bertz CT molecular complexity index is 808. The topological polar surface area (TPSA) is 35.6 Å². The minimum atomic E-state index is -0.649. The predicted octanol–water partition coefficient (Wildman–Crippen LogP) is 3.61. The van der Waals surface area contributed by atoms with Gasteiger partial charge in [0.25, 0.3) is 0 Å². The molecule has 0 radical (unpaired) electrons. The van der Waals surface area contributed by atoms with Gasteiger partial charge in [0.15, 0.2) is 0 Å². The third-order valence-corrected chi connectivity index (χ3v) is 5.21. The minimum absolute atomic E-state index is 0.164. The van der Waals surface area contributed by atoms with Gasteiger partial charge in [0.2, 0.25) is 5.91 Å². The van der Waals surface area contributed by atoms with Crippen LogP contribution < -0.4 is 5.32 Å². The lowest BCUT2D eigenvalue weighted by atomic mass is 10.1. The van der Waals surface area contributed by atoms with Gasteiger partial charge in [0, 0.05) is 49.4 Å². The van der Waals surface area contributed by atoms with Gasteiger partial charge in [-0.1, -0.05) is 29.8 Å². The first-order valence-electron chi connectivity index (χ1n) is 9.34. The quantitative estimate of drug-likeness (QED) is 0.794. The molecule has 0 spiro atoms. The van der Waals surface area contributed by atoms with Crippen LogP contribution in [-0.2, 0) is 11.3 Å². The van der Waals surface area contributed by atoms with E-state index in [-0.39, 0.29) is 18.0 Å². The summed E-state index contributed by atoms with van der Waals surface area (Å²) in [4.78, 5) is 16.7. The largest absolute Gasteiger partial charge is 0.348 e. The number of nitrogens with one attached hydrogen (secondary N) is 1. The van der Waals surface area contributed by atoms with E-state index in [2.05, 4.69) is 15.1 Å². The smallest absolute Gasteiger partial charge is 0.234 e. The molecule has 28 heavy (non-hydrogen) atoms. The van der Waals surface area contributed by atoms with E-state index in [0.717, 1.165) is 43.8 Å². The molecule has 1 aliphatic rings. The van der Waals surface area contributed by atoms with E-state index in [1.807, 2.05) is 24.3 Å². The van der Waals surface area contributed by atoms with Gasteiger partial charge in [-0.2, -0.15) is 0 Å². The number of nitrogens with zero attached hydrogens (tertiary/aromatic N) is 2. The molecule has 1 atom stereocenters. The molecule has 1 amide bonds. The van der Waals surface area contributed by atoms with Crippen LogP contribution in [0.25, 0.3) is 0 Å². The Morgan fingerprint density at radius 1 is 1.07 bits per heavy atom. The van der Waals surface area contributed by atoms with Crippen molar-refractivity contribution in [2.45, 2.75) is 19.5 Å². The zero-order valence-electron chi connectivity index (χ0n) is 15.8. The zero-order valence-corrected chi connectivity index (χ0v) is 16.6. The summed E-state index contributed by atoms with van der Waals surface area (Å²) >= 11 is 5.92. The molecule has 150 valence electrons. The molecule has 1 N–H and O–H groups in total. The molecule has 0 unspecified atom stereocenters. The highest BCUT2D eigenvalue weighted by atomic mass is 35.5. The van der Waals surface area contributed by atoms with Crippen molar-refractivity contribution in [1.82, 2.24) is 15.1 Å². The second-order valence-corrected chi connectivity index (χ2v) is 7.57. The Kier molecular flexibility index (Phi) is 6.99. The van der Waals surface area contributed by atoms with Crippen molar-refractivity contribution in [3.05, 3.63) is 70.2 Å². The van der Waals surface area contributed by atoms with Gasteiger partial charge in [0.05, 0.1) is 12.6 Å². The summed E-state index contributed by atoms with van der Waals surface area (Å²) in [5.41, 5.74) is 1.49. The third kappa shape index (κ3) is 5.74. The van der Waals surface area contributed by atoms with Crippen molar-refractivity contribution in [2.75, 3.05) is 32.7 Å². The lowest BCUT2D eigenvalue weighted by Gasteiger charge is -2.34. The average Bonchev–Trinajstić information content (AvgIpc) is 2.65. The molecular weight excluding hydrogens is 384 g/mol. The molecule has 3 rings (SSSR count). The second kappa shape index (κ2) is 9.45. The fourth-order valence-electron chi connectivity index (χ4n) is 3.37. The van der Waals surface area contributed by atoms with E-state index in [9.17, 15) is 13.6 Å². The van der Waals surface area contributed by atoms with Crippen molar-refractivity contribution in [3.63, 3.8) is 0 Å². The summed E-state index contributed by atoms with van der Waals surface area (Å²) in [5.74, 6) is -1.44. The van der Waals surface area contributed by atoms with Crippen LogP contribution in [0.3, 0.4) is 0 Å². The molecule has 7 heteroatoms. The first-order chi connectivity index (χ1) is 13.4. The summed E-state index contributed by atoms with van der Waals surface area (Å²) in [7, 11) is 0. The summed E-state index contributed by atoms with van der Waals surface area (Å²) < 4.78 is 26.9. The number of hydrogen-bond donors (Lipinski definition) is 1. The molecule has 0 aliphatic carbocycles. The second-order valence-electron chi connectivity index (χ2n) is 7.13. The maximum atomic E-state index is 13.8. The molecule has 0 bridgehead atoms. The number of hydrogen-bond acceptors (Lipinski definition) is 3. The van der Waals surface area contributed by atoms with Crippen LogP contribution in [0.1, 0.15) is 24.1 Å². The number of carbonyl (C=O) groups is 1. The Morgan fingerprint density at radius 3 is 2.36 bits per heavy atom. The molecule has 1 fully saturated rings. The van der Waals surface area contributed by atoms with Crippen molar-refractivity contribution in [3.8, 4) is 0 Å². The van der Waals surface area contributed by atoms with E-state index in [1.54, 1.807) is 6.92 Å². The fourth-order valence-corrected chi connectivity index (χ4v) is 3.50. The lowest BCUT2D eigenvalue weighted by molar-refractivity contribution is -0.123. The Balaban J connectivity index is 1.43. The van der Waals surface area contributed by atoms with E-state index < -0.39 is 17.7 Å². The van der Waals surface area contributed by atoms with Crippen molar-refractivity contribution < 1.29 is 13.6 Å². The first-order valence-corrected chi connectivity index (χ1v) is 9.72. The van der Waals surface area contributed by atoms with E-state index in [0.29, 0.717) is 0 Å². The molecule has 4 nitrogen and oxygen atoms in total. The molecule has 1 saturated heterocycles. The van der Waals surface area contributed by atoms with E-state index in [1.165, 1.54) is 17.7 Å². The van der Waals surface area contributed by atoms with Gasteiger partial charge >= 0.3 is 0 Å². The molecular formula is C21H24ClF2N3O. The van der Waals surface area contributed by atoms with Gasteiger partial charge < -0.3 is 5.32 Å². The number of benzene rings is 2. The van der Waals surface area contributed by atoms with Gasteiger partial charge in [-0.3, -0.25) is 14.6 Å². The number of rotatable bonds is 6. The van der Waals surface area contributed by atoms with Crippen LogP contribution >= 0.6 is 11.6 Å². The standard InChI is InChI=1S/C21H24ClF2N3O/c1-15(19-7-6-18(23)12-20(19)24)25-21(28)14-27-10-8-26(9-11-27)13-16-2-4-17(22)5-3-16/h2-7,12,15H,8-11,13-14H2,1H3,(H,25,28)/t15-/m1/s1. The summed E-state index contributed by atoms with van der Waals surface area (Å²) in [6.07, 6.45) is 0. The molecule has 2 aromatic carbocycles. The summed E-state index contributed by atoms with van der Waals surface area (Å²) in [6.45, 7) is 6.15. The Labute approximate surface area is 169 Å². The Morgan fingerprint density at radius 2 is 1.71 bits per heavy atom. The predicted molar refractivity (Wildman–Crippen MR) is 106 cm³/mol. The van der Waals surface area contributed by atoms with E-state index in [4.69, 9.17) is 11.6 Å². The molecule has 2 aromatic rings. The number of amides is 1. The highest BCUT2D eigenvalue weighted by Crippen LogP contribution is 2.18. The van der Waals surface area contributed by atoms with Crippen LogP contribution in [0.5, 0.6) is 0 Å². The Hall–Kier alpha value is -2.02. The highest BCUT2D eigenvalue weighted by Gasteiger charge is 2.20. The van der Waals surface area contributed by atoms with Crippen LogP contribution in [0, 0.1) is 11.6 Å². The summed E-state index contributed by atoms with van der Waals surface area (Å²) in [5, 5.41) is 3.52. The van der Waals surface area contributed by atoms with Crippen molar-refractivity contribution in [1.29, 1.82) is 0 Å². The van der Waals surface area contributed by atoms with Gasteiger partial charge in [0.1, 0.15) is 11.6 Å².